The van der Waals surface area contributed by atoms with Gasteiger partial charge in [-0.2, -0.15) is 0 Å². The summed E-state index contributed by atoms with van der Waals surface area (Å²) >= 11 is 0. The Morgan fingerprint density at radius 1 is 1.26 bits per heavy atom. The zero-order chi connectivity index (χ0) is 16.1. The van der Waals surface area contributed by atoms with Crippen LogP contribution in [-0.4, -0.2) is 26.2 Å². The highest BCUT2D eigenvalue weighted by atomic mass is 16.5. The zero-order valence-corrected chi connectivity index (χ0v) is 14.1. The van der Waals surface area contributed by atoms with E-state index in [0.29, 0.717) is 6.42 Å². The van der Waals surface area contributed by atoms with Gasteiger partial charge in [0.1, 0.15) is 0 Å². The number of carbonyl (C=O) groups excluding carboxylic acids is 1. The van der Waals surface area contributed by atoms with E-state index in [4.69, 9.17) is 4.74 Å². The highest BCUT2D eigenvalue weighted by Crippen LogP contribution is 2.37. The van der Waals surface area contributed by atoms with Crippen LogP contribution in [0.25, 0.3) is 5.57 Å². The Bertz CT molecular complexity index is 585. The van der Waals surface area contributed by atoms with Crippen molar-refractivity contribution in [3.8, 4) is 0 Å². The highest BCUT2D eigenvalue weighted by Gasteiger charge is 2.23. The molecule has 1 aliphatic heterocycles. The molecule has 1 fully saturated rings. The fraction of sp³-hybridized carbons (Fsp3) is 0.550. The van der Waals surface area contributed by atoms with Gasteiger partial charge in [-0.3, -0.25) is 4.79 Å². The fourth-order valence-corrected chi connectivity index (χ4v) is 4.00. The van der Waals surface area contributed by atoms with Crippen molar-refractivity contribution < 1.29 is 9.53 Å². The molecule has 3 rings (SSSR count). The van der Waals surface area contributed by atoms with E-state index < -0.39 is 0 Å². The number of rotatable bonds is 4. The second-order valence-electron chi connectivity index (χ2n) is 6.72. The first-order valence-electron chi connectivity index (χ1n) is 8.86. The molecule has 1 N–H and O–H groups in total. The fourth-order valence-electron chi connectivity index (χ4n) is 4.00. The lowest BCUT2D eigenvalue weighted by molar-refractivity contribution is -0.139. The van der Waals surface area contributed by atoms with Crippen LogP contribution in [0.3, 0.4) is 0 Å². The summed E-state index contributed by atoms with van der Waals surface area (Å²) in [5.41, 5.74) is 5.45. The number of ether oxygens (including phenoxy) is 1. The normalized spacial score (nSPS) is 19.7. The number of benzene rings is 1. The minimum Gasteiger partial charge on any atom is -0.469 e. The minimum atomic E-state index is -0.176. The monoisotopic (exact) mass is 313 g/mol. The summed E-state index contributed by atoms with van der Waals surface area (Å²) in [5, 5.41) is 3.52. The molecule has 124 valence electrons. The smallest absolute Gasteiger partial charge is 0.309 e. The molecule has 1 aromatic carbocycles. The average Bonchev–Trinajstić information content (AvgIpc) is 2.62. The van der Waals surface area contributed by atoms with Crippen LogP contribution in [0.2, 0.25) is 0 Å². The molecule has 0 saturated heterocycles. The first-order chi connectivity index (χ1) is 11.3. The summed E-state index contributed by atoms with van der Waals surface area (Å²) in [6, 6.07) is 8.43. The SMILES string of the molecule is COC(=O)Cc1cccc(C2=C(C3CCCCC3)CCNC2)c1. The largest absolute Gasteiger partial charge is 0.469 e. The Morgan fingerprint density at radius 2 is 2.09 bits per heavy atom. The minimum absolute atomic E-state index is 0.176. The predicted octanol–water partition coefficient (Wildman–Crippen LogP) is 3.73. The van der Waals surface area contributed by atoms with Gasteiger partial charge in [0.2, 0.25) is 0 Å². The van der Waals surface area contributed by atoms with E-state index in [-0.39, 0.29) is 5.97 Å². The molecule has 2 aliphatic rings. The molecule has 0 atom stereocenters. The van der Waals surface area contributed by atoms with Crippen LogP contribution in [0.4, 0.5) is 0 Å². The van der Waals surface area contributed by atoms with Crippen LogP contribution in [0.5, 0.6) is 0 Å². The van der Waals surface area contributed by atoms with Crippen LogP contribution in [0, 0.1) is 5.92 Å². The topological polar surface area (TPSA) is 38.3 Å². The van der Waals surface area contributed by atoms with Gasteiger partial charge in [0.25, 0.3) is 0 Å². The molecule has 0 aromatic heterocycles. The lowest BCUT2D eigenvalue weighted by Crippen LogP contribution is -2.27. The molecule has 1 aromatic rings. The van der Waals surface area contributed by atoms with E-state index in [0.717, 1.165) is 24.6 Å². The highest BCUT2D eigenvalue weighted by molar-refractivity contribution is 5.75. The van der Waals surface area contributed by atoms with E-state index in [2.05, 4.69) is 23.5 Å². The summed E-state index contributed by atoms with van der Waals surface area (Å²) in [4.78, 5) is 11.5. The maximum Gasteiger partial charge on any atom is 0.309 e. The van der Waals surface area contributed by atoms with Gasteiger partial charge in [0.15, 0.2) is 0 Å². The standard InChI is InChI=1S/C20H27NO2/c1-23-20(22)13-15-6-5-9-17(12-15)19-14-21-11-10-18(19)16-7-3-2-4-8-16/h5-6,9,12,16,21H,2-4,7-8,10-11,13-14H2,1H3. The van der Waals surface area contributed by atoms with Crippen LogP contribution >= 0.6 is 0 Å². The van der Waals surface area contributed by atoms with Gasteiger partial charge in [-0.05, 0) is 48.4 Å². The van der Waals surface area contributed by atoms with Crippen LogP contribution < -0.4 is 5.32 Å². The Labute approximate surface area is 139 Å². The third-order valence-corrected chi connectivity index (χ3v) is 5.21. The molecule has 0 amide bonds. The molecule has 3 heteroatoms. The number of methoxy groups -OCH3 is 1. The van der Waals surface area contributed by atoms with Gasteiger partial charge >= 0.3 is 5.97 Å². The zero-order valence-electron chi connectivity index (χ0n) is 14.1. The van der Waals surface area contributed by atoms with Crippen LogP contribution in [0.15, 0.2) is 29.8 Å². The van der Waals surface area contributed by atoms with Gasteiger partial charge in [-0.1, -0.05) is 49.1 Å². The average molecular weight is 313 g/mol. The summed E-state index contributed by atoms with van der Waals surface area (Å²) in [7, 11) is 1.45. The summed E-state index contributed by atoms with van der Waals surface area (Å²) < 4.78 is 4.79. The van der Waals surface area contributed by atoms with Crippen molar-refractivity contribution in [3.05, 3.63) is 41.0 Å². The van der Waals surface area contributed by atoms with Crippen molar-refractivity contribution in [2.45, 2.75) is 44.9 Å². The lowest BCUT2D eigenvalue weighted by atomic mass is 9.78. The lowest BCUT2D eigenvalue weighted by Gasteiger charge is -2.31. The third kappa shape index (κ3) is 4.03. The van der Waals surface area contributed by atoms with Gasteiger partial charge in [0, 0.05) is 6.54 Å². The maximum atomic E-state index is 11.5. The number of hydrogen-bond acceptors (Lipinski definition) is 3. The molecular formula is C20H27NO2. The molecule has 0 bridgehead atoms. The maximum absolute atomic E-state index is 11.5. The van der Waals surface area contributed by atoms with E-state index in [1.54, 1.807) is 5.57 Å². The van der Waals surface area contributed by atoms with Crippen molar-refractivity contribution >= 4 is 11.5 Å². The first kappa shape index (κ1) is 16.3. The van der Waals surface area contributed by atoms with Crippen molar-refractivity contribution in [3.63, 3.8) is 0 Å². The van der Waals surface area contributed by atoms with Crippen molar-refractivity contribution in [2.24, 2.45) is 5.92 Å². The van der Waals surface area contributed by atoms with Crippen molar-refractivity contribution in [1.29, 1.82) is 0 Å². The van der Waals surface area contributed by atoms with E-state index in [9.17, 15) is 4.79 Å². The molecule has 0 spiro atoms. The van der Waals surface area contributed by atoms with E-state index >= 15 is 0 Å². The Kier molecular flexibility index (Phi) is 5.50. The second kappa shape index (κ2) is 7.78. The quantitative estimate of drug-likeness (QED) is 0.861. The molecule has 0 radical (unpaired) electrons. The summed E-state index contributed by atoms with van der Waals surface area (Å²) in [6.07, 6.45) is 8.35. The molecular weight excluding hydrogens is 286 g/mol. The predicted molar refractivity (Wildman–Crippen MR) is 93.1 cm³/mol. The number of esters is 1. The first-order valence-corrected chi connectivity index (χ1v) is 8.86. The summed E-state index contributed by atoms with van der Waals surface area (Å²) in [6.45, 7) is 2.05. The van der Waals surface area contributed by atoms with Gasteiger partial charge < -0.3 is 10.1 Å². The van der Waals surface area contributed by atoms with Gasteiger partial charge in [-0.15, -0.1) is 0 Å². The molecule has 1 heterocycles. The number of nitrogens with one attached hydrogen (secondary N) is 1. The van der Waals surface area contributed by atoms with E-state index in [1.807, 2.05) is 6.07 Å². The third-order valence-electron chi connectivity index (χ3n) is 5.21. The van der Waals surface area contributed by atoms with Gasteiger partial charge in [0.05, 0.1) is 13.5 Å². The van der Waals surface area contributed by atoms with Crippen molar-refractivity contribution in [1.82, 2.24) is 5.32 Å². The van der Waals surface area contributed by atoms with Crippen LogP contribution in [0.1, 0.15) is 49.7 Å². The number of hydrogen-bond donors (Lipinski definition) is 1. The molecule has 1 saturated carbocycles. The molecule has 23 heavy (non-hydrogen) atoms. The molecule has 0 unspecified atom stereocenters. The molecule has 1 aliphatic carbocycles. The van der Waals surface area contributed by atoms with E-state index in [1.165, 1.54) is 56.8 Å². The Hall–Kier alpha value is -1.61. The molecule has 3 nitrogen and oxygen atoms in total. The Morgan fingerprint density at radius 3 is 2.87 bits per heavy atom. The van der Waals surface area contributed by atoms with Crippen molar-refractivity contribution in [2.75, 3.05) is 20.2 Å². The van der Waals surface area contributed by atoms with Crippen LogP contribution in [-0.2, 0) is 16.0 Å². The number of carbonyl (C=O) groups is 1. The second-order valence-corrected chi connectivity index (χ2v) is 6.72. The summed E-state index contributed by atoms with van der Waals surface area (Å²) in [5.74, 6) is 0.593. The Balaban J connectivity index is 1.88. The van der Waals surface area contributed by atoms with Gasteiger partial charge in [-0.25, -0.2) is 0 Å².